The van der Waals surface area contributed by atoms with Gasteiger partial charge in [0.1, 0.15) is 4.90 Å². The smallest absolute Gasteiger partial charge is 0.246 e. The summed E-state index contributed by atoms with van der Waals surface area (Å²) in [6.45, 7) is 5.41. The van der Waals surface area contributed by atoms with Crippen LogP contribution in [-0.4, -0.2) is 48.8 Å². The Morgan fingerprint density at radius 2 is 2.29 bits per heavy atom. The summed E-state index contributed by atoms with van der Waals surface area (Å²) >= 11 is 0. The molecule has 21 heavy (non-hydrogen) atoms. The average molecular weight is 313 g/mol. The van der Waals surface area contributed by atoms with Crippen LogP contribution in [0.1, 0.15) is 32.6 Å². The normalized spacial score (nSPS) is 27.5. The first-order chi connectivity index (χ1) is 10.1. The van der Waals surface area contributed by atoms with Crippen molar-refractivity contribution in [3.63, 3.8) is 0 Å². The Bertz CT molecular complexity index is 590. The van der Waals surface area contributed by atoms with Gasteiger partial charge in [-0.15, -0.1) is 0 Å². The number of piperidine rings is 1. The molecule has 0 amide bonds. The maximum absolute atomic E-state index is 12.8. The number of aromatic nitrogens is 2. The van der Waals surface area contributed by atoms with Crippen molar-refractivity contribution in [3.8, 4) is 0 Å². The van der Waals surface area contributed by atoms with E-state index >= 15 is 0 Å². The maximum atomic E-state index is 12.8. The highest BCUT2D eigenvalue weighted by Gasteiger charge is 2.42. The molecule has 118 valence electrons. The molecule has 2 saturated heterocycles. The molecule has 2 fully saturated rings. The van der Waals surface area contributed by atoms with Gasteiger partial charge in [0.2, 0.25) is 10.0 Å². The topological polar surface area (TPSA) is 64.4 Å². The largest absolute Gasteiger partial charge is 0.381 e. The molecule has 1 atom stereocenters. The second-order valence-electron chi connectivity index (χ2n) is 6.18. The molecule has 1 aromatic rings. The Hall–Kier alpha value is -0.920. The first kappa shape index (κ1) is 15.0. The highest BCUT2D eigenvalue weighted by Crippen LogP contribution is 2.39. The molecule has 0 saturated carbocycles. The summed E-state index contributed by atoms with van der Waals surface area (Å²) in [7, 11) is -3.43. The number of sulfonamides is 1. The van der Waals surface area contributed by atoms with Crippen molar-refractivity contribution in [2.24, 2.45) is 5.41 Å². The lowest BCUT2D eigenvalue weighted by Crippen LogP contribution is -2.46. The summed E-state index contributed by atoms with van der Waals surface area (Å²) in [6, 6.07) is 0. The van der Waals surface area contributed by atoms with Gasteiger partial charge >= 0.3 is 0 Å². The maximum Gasteiger partial charge on any atom is 0.246 e. The van der Waals surface area contributed by atoms with Gasteiger partial charge in [-0.05, 0) is 25.7 Å². The minimum atomic E-state index is -3.43. The Labute approximate surface area is 126 Å². The monoisotopic (exact) mass is 313 g/mol. The number of hydrogen-bond donors (Lipinski definition) is 0. The first-order valence-electron chi connectivity index (χ1n) is 7.66. The molecule has 0 N–H and O–H groups in total. The zero-order chi connectivity index (χ0) is 14.9. The van der Waals surface area contributed by atoms with Crippen LogP contribution in [0.25, 0.3) is 0 Å². The average Bonchev–Trinajstić information content (AvgIpc) is 3.10. The molecular weight excluding hydrogens is 290 g/mol. The Morgan fingerprint density at radius 1 is 1.43 bits per heavy atom. The summed E-state index contributed by atoms with van der Waals surface area (Å²) in [4.78, 5) is 0.312. The van der Waals surface area contributed by atoms with Gasteiger partial charge in [0.25, 0.3) is 0 Å². The number of ether oxygens (including phenoxy) is 1. The van der Waals surface area contributed by atoms with E-state index in [1.54, 1.807) is 15.2 Å². The van der Waals surface area contributed by atoms with E-state index in [1.807, 2.05) is 6.92 Å². The third-order valence-corrected chi connectivity index (χ3v) is 6.31. The van der Waals surface area contributed by atoms with Gasteiger partial charge in [-0.25, -0.2) is 8.42 Å². The molecule has 6 nitrogen and oxygen atoms in total. The van der Waals surface area contributed by atoms with Crippen LogP contribution in [0.5, 0.6) is 0 Å². The van der Waals surface area contributed by atoms with Crippen LogP contribution in [-0.2, 0) is 21.3 Å². The molecule has 0 unspecified atom stereocenters. The zero-order valence-corrected chi connectivity index (χ0v) is 13.3. The van der Waals surface area contributed by atoms with Crippen LogP contribution in [0.3, 0.4) is 0 Å². The zero-order valence-electron chi connectivity index (χ0n) is 12.5. The van der Waals surface area contributed by atoms with E-state index in [1.165, 1.54) is 6.20 Å². The minimum Gasteiger partial charge on any atom is -0.381 e. The van der Waals surface area contributed by atoms with Crippen molar-refractivity contribution in [3.05, 3.63) is 12.4 Å². The molecule has 1 spiro atoms. The number of nitrogens with zero attached hydrogens (tertiary/aromatic N) is 3. The standard InChI is InChI=1S/C14H23N3O3S/c1-2-6-16-10-13(9-15-16)21(18,19)17-7-3-4-14(11-17)5-8-20-12-14/h9-10H,2-8,11-12H2,1H3/t14-/m0/s1. The fraction of sp³-hybridized carbons (Fsp3) is 0.786. The molecule has 0 radical (unpaired) electrons. The van der Waals surface area contributed by atoms with Gasteiger partial charge in [0, 0.05) is 37.9 Å². The van der Waals surface area contributed by atoms with Crippen LogP contribution in [0, 0.1) is 5.41 Å². The quantitative estimate of drug-likeness (QED) is 0.844. The second-order valence-corrected chi connectivity index (χ2v) is 8.12. The van der Waals surface area contributed by atoms with Crippen molar-refractivity contribution in [2.45, 2.75) is 44.0 Å². The van der Waals surface area contributed by atoms with Crippen LogP contribution >= 0.6 is 0 Å². The molecule has 0 aromatic carbocycles. The lowest BCUT2D eigenvalue weighted by atomic mass is 9.80. The Morgan fingerprint density at radius 3 is 3.00 bits per heavy atom. The van der Waals surface area contributed by atoms with Crippen LogP contribution in [0.4, 0.5) is 0 Å². The van der Waals surface area contributed by atoms with E-state index in [4.69, 9.17) is 4.74 Å². The number of hydrogen-bond acceptors (Lipinski definition) is 4. The van der Waals surface area contributed by atoms with Crippen molar-refractivity contribution in [1.29, 1.82) is 0 Å². The fourth-order valence-corrected chi connectivity index (χ4v) is 4.86. The minimum absolute atomic E-state index is 0.0325. The SMILES string of the molecule is CCCn1cc(S(=O)(=O)N2CCC[C@]3(CCOC3)C2)cn1. The van der Waals surface area contributed by atoms with Crippen LogP contribution in [0.2, 0.25) is 0 Å². The van der Waals surface area contributed by atoms with Gasteiger partial charge < -0.3 is 4.74 Å². The molecule has 0 bridgehead atoms. The number of aryl methyl sites for hydroxylation is 1. The van der Waals surface area contributed by atoms with E-state index in [9.17, 15) is 8.42 Å². The lowest BCUT2D eigenvalue weighted by Gasteiger charge is -2.38. The summed E-state index contributed by atoms with van der Waals surface area (Å²) in [5, 5.41) is 4.14. The van der Waals surface area contributed by atoms with Crippen LogP contribution in [0.15, 0.2) is 17.3 Å². The predicted molar refractivity (Wildman–Crippen MR) is 78.4 cm³/mol. The van der Waals surface area contributed by atoms with Crippen LogP contribution < -0.4 is 0 Å². The van der Waals surface area contributed by atoms with Gasteiger partial charge in [0.05, 0.1) is 12.8 Å². The number of rotatable bonds is 4. The molecule has 3 heterocycles. The third kappa shape index (κ3) is 2.86. The van der Waals surface area contributed by atoms with Gasteiger partial charge in [-0.3, -0.25) is 4.68 Å². The summed E-state index contributed by atoms with van der Waals surface area (Å²) in [6.07, 6.45) is 6.99. The van der Waals surface area contributed by atoms with Crippen molar-refractivity contribution >= 4 is 10.0 Å². The lowest BCUT2D eigenvalue weighted by molar-refractivity contribution is 0.105. The highest BCUT2D eigenvalue weighted by atomic mass is 32.2. The summed E-state index contributed by atoms with van der Waals surface area (Å²) in [5.41, 5.74) is 0.0325. The highest BCUT2D eigenvalue weighted by molar-refractivity contribution is 7.89. The molecule has 1 aromatic heterocycles. The second kappa shape index (κ2) is 5.70. The third-order valence-electron chi connectivity index (χ3n) is 4.51. The van der Waals surface area contributed by atoms with E-state index in [0.29, 0.717) is 24.6 Å². The van der Waals surface area contributed by atoms with E-state index in [2.05, 4.69) is 5.10 Å². The molecule has 2 aliphatic heterocycles. The fourth-order valence-electron chi connectivity index (χ4n) is 3.32. The van der Waals surface area contributed by atoms with E-state index in [-0.39, 0.29) is 5.41 Å². The molecule has 0 aliphatic carbocycles. The summed E-state index contributed by atoms with van der Waals surface area (Å²) in [5.74, 6) is 0. The molecule has 7 heteroatoms. The molecular formula is C14H23N3O3S. The van der Waals surface area contributed by atoms with Crippen molar-refractivity contribution < 1.29 is 13.2 Å². The van der Waals surface area contributed by atoms with Gasteiger partial charge in [-0.2, -0.15) is 9.40 Å². The molecule has 3 rings (SSSR count). The Kier molecular flexibility index (Phi) is 4.07. The first-order valence-corrected chi connectivity index (χ1v) is 9.10. The Balaban J connectivity index is 1.80. The predicted octanol–water partition coefficient (Wildman–Crippen LogP) is 1.48. The van der Waals surface area contributed by atoms with Crippen molar-refractivity contribution in [2.75, 3.05) is 26.3 Å². The van der Waals surface area contributed by atoms with Crippen molar-refractivity contribution in [1.82, 2.24) is 14.1 Å². The summed E-state index contributed by atoms with van der Waals surface area (Å²) < 4.78 is 34.4. The van der Waals surface area contributed by atoms with Gasteiger partial charge in [0.15, 0.2) is 0 Å². The van der Waals surface area contributed by atoms with E-state index < -0.39 is 10.0 Å². The molecule has 2 aliphatic rings. The van der Waals surface area contributed by atoms with E-state index in [0.717, 1.165) is 38.8 Å². The van der Waals surface area contributed by atoms with Gasteiger partial charge in [-0.1, -0.05) is 6.92 Å².